The molecular weight excluding hydrogens is 374 g/mol. The highest BCUT2D eigenvalue weighted by molar-refractivity contribution is 6.06. The number of hydrogen-bond donors (Lipinski definition) is 1. The minimum absolute atomic E-state index is 0.129. The van der Waals surface area contributed by atoms with Gasteiger partial charge in [0.05, 0.1) is 17.8 Å². The van der Waals surface area contributed by atoms with Crippen LogP contribution in [0.15, 0.2) is 42.5 Å². The first-order chi connectivity index (χ1) is 14.0. The van der Waals surface area contributed by atoms with Crippen LogP contribution in [0.5, 0.6) is 5.75 Å². The van der Waals surface area contributed by atoms with Gasteiger partial charge in [0.15, 0.2) is 17.4 Å². The van der Waals surface area contributed by atoms with Gasteiger partial charge >= 0.3 is 0 Å². The summed E-state index contributed by atoms with van der Waals surface area (Å²) in [7, 11) is 0. The van der Waals surface area contributed by atoms with Crippen LogP contribution in [0.3, 0.4) is 0 Å². The zero-order valence-corrected chi connectivity index (χ0v) is 16.0. The molecule has 1 aromatic heterocycles. The second-order valence-electron chi connectivity index (χ2n) is 6.56. The number of aromatic nitrogens is 1. The minimum Gasteiger partial charge on any atom is -0.488 e. The first-order valence-electron chi connectivity index (χ1n) is 9.22. The fourth-order valence-corrected chi connectivity index (χ4v) is 2.83. The number of rotatable bonds is 7. The van der Waals surface area contributed by atoms with Crippen molar-refractivity contribution in [3.63, 3.8) is 0 Å². The van der Waals surface area contributed by atoms with E-state index in [9.17, 15) is 13.6 Å². The fraction of sp³-hybridized carbons (Fsp3) is 0.217. The second-order valence-corrected chi connectivity index (χ2v) is 6.56. The number of anilines is 1. The van der Waals surface area contributed by atoms with Crippen molar-refractivity contribution in [3.05, 3.63) is 65.4 Å². The molecule has 0 saturated heterocycles. The van der Waals surface area contributed by atoms with Crippen molar-refractivity contribution in [1.82, 2.24) is 4.98 Å². The lowest BCUT2D eigenvalue weighted by atomic mass is 10.1. The Hall–Kier alpha value is -3.46. The summed E-state index contributed by atoms with van der Waals surface area (Å²) in [6.45, 7) is 2.01. The summed E-state index contributed by atoms with van der Waals surface area (Å²) in [5, 5.41) is 3.26. The van der Waals surface area contributed by atoms with Crippen molar-refractivity contribution in [2.75, 3.05) is 11.9 Å². The molecule has 6 heteroatoms. The first kappa shape index (κ1) is 20.3. The van der Waals surface area contributed by atoms with E-state index >= 15 is 0 Å². The Labute approximate surface area is 167 Å². The molecule has 0 bridgehead atoms. The number of halogens is 2. The number of terminal acetylenes is 1. The van der Waals surface area contributed by atoms with Crippen molar-refractivity contribution in [2.24, 2.45) is 0 Å². The number of hydrogen-bond acceptors (Lipinski definition) is 3. The first-order valence-corrected chi connectivity index (χ1v) is 9.22. The number of pyridine rings is 1. The summed E-state index contributed by atoms with van der Waals surface area (Å²) in [5.41, 5.74) is 1.81. The summed E-state index contributed by atoms with van der Waals surface area (Å²) in [6, 6.07) is 10.9. The average molecular weight is 394 g/mol. The SMILES string of the molecule is C#CCCCCOc1c(F)ccc(NC(=O)c2ccc3nc(C)ccc3c2)c1F. The number of unbranched alkanes of at least 4 members (excludes halogenated alkanes) is 2. The molecule has 0 aliphatic heterocycles. The third-order valence-corrected chi connectivity index (χ3v) is 4.35. The van der Waals surface area contributed by atoms with E-state index in [2.05, 4.69) is 16.2 Å². The molecular formula is C23H20F2N2O2. The highest BCUT2D eigenvalue weighted by atomic mass is 19.1. The van der Waals surface area contributed by atoms with E-state index in [0.717, 1.165) is 22.7 Å². The zero-order chi connectivity index (χ0) is 20.8. The standard InChI is InChI=1S/C23H20F2N2O2/c1-3-4-5-6-13-29-22-18(24)10-12-20(21(22)25)27-23(28)17-9-11-19-16(14-17)8-7-15(2)26-19/h1,7-12,14H,4-6,13H2,2H3,(H,27,28). The molecule has 2 aromatic carbocycles. The van der Waals surface area contributed by atoms with Crippen molar-refractivity contribution in [2.45, 2.75) is 26.2 Å². The monoisotopic (exact) mass is 394 g/mol. The lowest BCUT2D eigenvalue weighted by molar-refractivity contribution is 0.102. The Bertz CT molecular complexity index is 1090. The maximum atomic E-state index is 14.7. The molecule has 0 aliphatic rings. The third kappa shape index (κ3) is 4.88. The smallest absolute Gasteiger partial charge is 0.255 e. The van der Waals surface area contributed by atoms with Gasteiger partial charge in [-0.2, -0.15) is 0 Å². The summed E-state index contributed by atoms with van der Waals surface area (Å²) >= 11 is 0. The number of carbonyl (C=O) groups excluding carboxylic acids is 1. The Morgan fingerprint density at radius 2 is 2.00 bits per heavy atom. The zero-order valence-electron chi connectivity index (χ0n) is 16.0. The molecule has 3 rings (SSSR count). The quantitative estimate of drug-likeness (QED) is 0.440. The van der Waals surface area contributed by atoms with Gasteiger partial charge in [0.1, 0.15) is 0 Å². The maximum Gasteiger partial charge on any atom is 0.255 e. The fourth-order valence-electron chi connectivity index (χ4n) is 2.83. The van der Waals surface area contributed by atoms with E-state index in [1.54, 1.807) is 18.2 Å². The second kappa shape index (κ2) is 9.16. The maximum absolute atomic E-state index is 14.7. The number of nitrogens with zero attached hydrogens (tertiary/aromatic N) is 1. The highest BCUT2D eigenvalue weighted by Gasteiger charge is 2.18. The largest absolute Gasteiger partial charge is 0.488 e. The lowest BCUT2D eigenvalue weighted by Crippen LogP contribution is -2.14. The summed E-state index contributed by atoms with van der Waals surface area (Å²) in [5.74, 6) is -0.314. The van der Waals surface area contributed by atoms with Gasteiger partial charge in [-0.05, 0) is 56.2 Å². The molecule has 148 valence electrons. The summed E-state index contributed by atoms with van der Waals surface area (Å²) < 4.78 is 33.8. The van der Waals surface area contributed by atoms with Gasteiger partial charge < -0.3 is 10.1 Å². The topological polar surface area (TPSA) is 51.2 Å². The Kier molecular flexibility index (Phi) is 6.40. The van der Waals surface area contributed by atoms with E-state index in [-0.39, 0.29) is 12.3 Å². The molecule has 1 amide bonds. The van der Waals surface area contributed by atoms with Crippen LogP contribution in [-0.4, -0.2) is 17.5 Å². The molecule has 3 aromatic rings. The van der Waals surface area contributed by atoms with Gasteiger partial charge in [-0.1, -0.05) is 6.07 Å². The number of carbonyl (C=O) groups is 1. The Morgan fingerprint density at radius 1 is 1.17 bits per heavy atom. The van der Waals surface area contributed by atoms with Crippen molar-refractivity contribution >= 4 is 22.5 Å². The van der Waals surface area contributed by atoms with Crippen LogP contribution in [0.1, 0.15) is 35.3 Å². The van der Waals surface area contributed by atoms with E-state index in [4.69, 9.17) is 11.2 Å². The number of amides is 1. The van der Waals surface area contributed by atoms with Gasteiger partial charge in [-0.15, -0.1) is 12.3 Å². The van der Waals surface area contributed by atoms with Crippen LogP contribution in [-0.2, 0) is 0 Å². The van der Waals surface area contributed by atoms with Crippen LogP contribution >= 0.6 is 0 Å². The van der Waals surface area contributed by atoms with E-state index in [1.165, 1.54) is 6.07 Å². The molecule has 0 aliphatic carbocycles. The van der Waals surface area contributed by atoms with Gasteiger partial charge in [0.25, 0.3) is 5.91 Å². The molecule has 29 heavy (non-hydrogen) atoms. The number of fused-ring (bicyclic) bond motifs is 1. The van der Waals surface area contributed by atoms with Gasteiger partial charge in [0, 0.05) is 23.1 Å². The molecule has 0 fully saturated rings. The molecule has 0 spiro atoms. The average Bonchev–Trinajstić information content (AvgIpc) is 2.71. The van der Waals surface area contributed by atoms with E-state index in [0.29, 0.717) is 24.8 Å². The van der Waals surface area contributed by atoms with Gasteiger partial charge in [-0.25, -0.2) is 8.78 Å². The van der Waals surface area contributed by atoms with Gasteiger partial charge in [-0.3, -0.25) is 9.78 Å². The predicted molar refractivity (Wildman–Crippen MR) is 109 cm³/mol. The molecule has 0 atom stereocenters. The van der Waals surface area contributed by atoms with Crippen molar-refractivity contribution in [3.8, 4) is 18.1 Å². The molecule has 1 N–H and O–H groups in total. The lowest BCUT2D eigenvalue weighted by Gasteiger charge is -2.12. The molecule has 0 unspecified atom stereocenters. The molecule has 0 saturated carbocycles. The van der Waals surface area contributed by atoms with Crippen LogP contribution in [0, 0.1) is 30.9 Å². The van der Waals surface area contributed by atoms with Gasteiger partial charge in [0.2, 0.25) is 0 Å². The van der Waals surface area contributed by atoms with Crippen LogP contribution < -0.4 is 10.1 Å². The number of nitrogens with one attached hydrogen (secondary N) is 1. The van der Waals surface area contributed by atoms with E-state index in [1.807, 2.05) is 19.1 Å². The Morgan fingerprint density at radius 3 is 2.79 bits per heavy atom. The molecule has 4 nitrogen and oxygen atoms in total. The van der Waals surface area contributed by atoms with Crippen LogP contribution in [0.4, 0.5) is 14.5 Å². The summed E-state index contributed by atoms with van der Waals surface area (Å²) in [4.78, 5) is 16.9. The number of benzene rings is 2. The van der Waals surface area contributed by atoms with Crippen LogP contribution in [0.2, 0.25) is 0 Å². The number of aryl methyl sites for hydroxylation is 1. The van der Waals surface area contributed by atoms with Crippen molar-refractivity contribution in [1.29, 1.82) is 0 Å². The normalized spacial score (nSPS) is 10.6. The van der Waals surface area contributed by atoms with Crippen molar-refractivity contribution < 1.29 is 18.3 Å². The molecule has 0 radical (unpaired) electrons. The number of ether oxygens (including phenoxy) is 1. The minimum atomic E-state index is -0.951. The third-order valence-electron chi connectivity index (χ3n) is 4.35. The molecule has 1 heterocycles. The van der Waals surface area contributed by atoms with E-state index < -0.39 is 23.3 Å². The summed E-state index contributed by atoms with van der Waals surface area (Å²) in [6.07, 6.45) is 7.02. The Balaban J connectivity index is 1.75. The predicted octanol–water partition coefficient (Wildman–Crippen LogP) is 5.26. The van der Waals surface area contributed by atoms with Crippen LogP contribution in [0.25, 0.3) is 10.9 Å². The highest BCUT2D eigenvalue weighted by Crippen LogP contribution is 2.29.